The van der Waals surface area contributed by atoms with E-state index in [1.807, 2.05) is 48.5 Å². The van der Waals surface area contributed by atoms with Crippen LogP contribution in [0.3, 0.4) is 0 Å². The van der Waals surface area contributed by atoms with Gasteiger partial charge in [0.1, 0.15) is 4.88 Å². The van der Waals surface area contributed by atoms with Crippen LogP contribution in [0.5, 0.6) is 0 Å². The molecule has 0 atom stereocenters. The fourth-order valence-electron chi connectivity index (χ4n) is 1.96. The number of benzene rings is 2. The van der Waals surface area contributed by atoms with Gasteiger partial charge in [-0.1, -0.05) is 34.1 Å². The van der Waals surface area contributed by atoms with Crippen LogP contribution in [0, 0.1) is 0 Å². The Morgan fingerprint density at radius 1 is 1.10 bits per heavy atom. The van der Waals surface area contributed by atoms with Gasteiger partial charge in [-0.25, -0.2) is 0 Å². The Morgan fingerprint density at radius 2 is 1.80 bits per heavy atom. The lowest BCUT2D eigenvalue weighted by atomic mass is 10.2. The number of amides is 1. The Balaban J connectivity index is 1.92. The molecule has 1 aromatic heterocycles. The summed E-state index contributed by atoms with van der Waals surface area (Å²) in [5.41, 5.74) is 7.35. The van der Waals surface area contributed by atoms with Crippen molar-refractivity contribution in [3.8, 4) is 0 Å². The third-order valence-electron chi connectivity index (χ3n) is 2.94. The van der Waals surface area contributed by atoms with Crippen molar-refractivity contribution in [2.45, 2.75) is 0 Å². The number of nitrogen functional groups attached to an aromatic ring is 1. The second-order valence-corrected chi connectivity index (χ2v) is 6.27. The number of carbonyl (C=O) groups is 1. The third-order valence-corrected chi connectivity index (χ3v) is 4.66. The summed E-state index contributed by atoms with van der Waals surface area (Å²) >= 11 is 4.77. The average Bonchev–Trinajstić information content (AvgIpc) is 2.79. The van der Waals surface area contributed by atoms with Crippen LogP contribution in [-0.2, 0) is 0 Å². The smallest absolute Gasteiger partial charge is 0.267 e. The normalized spacial score (nSPS) is 10.7. The number of nitrogens with one attached hydrogen (secondary N) is 1. The molecule has 3 N–H and O–H groups in total. The van der Waals surface area contributed by atoms with Gasteiger partial charge in [0.15, 0.2) is 0 Å². The molecule has 0 bridgehead atoms. The van der Waals surface area contributed by atoms with Gasteiger partial charge in [0.2, 0.25) is 0 Å². The maximum atomic E-state index is 12.3. The quantitative estimate of drug-likeness (QED) is 0.717. The predicted octanol–water partition coefficient (Wildman–Crippen LogP) is 4.50. The van der Waals surface area contributed by atoms with Crippen molar-refractivity contribution in [2.75, 3.05) is 11.1 Å². The van der Waals surface area contributed by atoms with Gasteiger partial charge in [0.05, 0.1) is 5.69 Å². The molecule has 5 heteroatoms. The Labute approximate surface area is 128 Å². The molecule has 3 aromatic rings. The van der Waals surface area contributed by atoms with E-state index in [9.17, 15) is 4.79 Å². The van der Waals surface area contributed by atoms with E-state index in [1.165, 1.54) is 11.3 Å². The maximum Gasteiger partial charge on any atom is 0.267 e. The van der Waals surface area contributed by atoms with Gasteiger partial charge in [0, 0.05) is 20.2 Å². The van der Waals surface area contributed by atoms with Crippen LogP contribution in [0.1, 0.15) is 9.67 Å². The number of hydrogen-bond donors (Lipinski definition) is 2. The molecule has 0 saturated carbocycles. The standard InChI is InChI=1S/C15H11BrN2OS/c16-9-5-7-10(8-6-9)18-15(19)14-13(17)11-3-1-2-4-12(11)20-14/h1-8H,17H2,(H,18,19). The molecule has 0 saturated heterocycles. The first-order chi connectivity index (χ1) is 9.65. The third kappa shape index (κ3) is 2.42. The molecule has 0 fully saturated rings. The highest BCUT2D eigenvalue weighted by molar-refractivity contribution is 9.10. The topological polar surface area (TPSA) is 55.1 Å². The molecular formula is C15H11BrN2OS. The summed E-state index contributed by atoms with van der Waals surface area (Å²) in [7, 11) is 0. The molecule has 100 valence electrons. The van der Waals surface area contributed by atoms with Crippen LogP contribution >= 0.6 is 27.3 Å². The lowest BCUT2D eigenvalue weighted by molar-refractivity contribution is 0.103. The monoisotopic (exact) mass is 346 g/mol. The molecule has 20 heavy (non-hydrogen) atoms. The largest absolute Gasteiger partial charge is 0.397 e. The zero-order valence-corrected chi connectivity index (χ0v) is 12.8. The second-order valence-electron chi connectivity index (χ2n) is 4.30. The van der Waals surface area contributed by atoms with Crippen LogP contribution in [0.2, 0.25) is 0 Å². The van der Waals surface area contributed by atoms with E-state index in [4.69, 9.17) is 5.73 Å². The van der Waals surface area contributed by atoms with Crippen LogP contribution in [-0.4, -0.2) is 5.91 Å². The summed E-state index contributed by atoms with van der Waals surface area (Å²) in [4.78, 5) is 12.8. The minimum absolute atomic E-state index is 0.175. The van der Waals surface area contributed by atoms with Gasteiger partial charge in [-0.15, -0.1) is 11.3 Å². The SMILES string of the molecule is Nc1c(C(=O)Nc2ccc(Br)cc2)sc2ccccc12. The molecular weight excluding hydrogens is 336 g/mol. The van der Waals surface area contributed by atoms with Crippen LogP contribution in [0.15, 0.2) is 53.0 Å². The molecule has 0 unspecified atom stereocenters. The van der Waals surface area contributed by atoms with Crippen molar-refractivity contribution in [1.29, 1.82) is 0 Å². The number of anilines is 2. The van der Waals surface area contributed by atoms with Crippen molar-refractivity contribution >= 4 is 54.6 Å². The highest BCUT2D eigenvalue weighted by Crippen LogP contribution is 2.33. The number of thiophene rings is 1. The molecule has 3 nitrogen and oxygen atoms in total. The van der Waals surface area contributed by atoms with E-state index in [1.54, 1.807) is 0 Å². The lowest BCUT2D eigenvalue weighted by Crippen LogP contribution is -2.11. The molecule has 0 aliphatic heterocycles. The number of carbonyl (C=O) groups excluding carboxylic acids is 1. The number of nitrogens with two attached hydrogens (primary N) is 1. The number of halogens is 1. The number of fused-ring (bicyclic) bond motifs is 1. The van der Waals surface area contributed by atoms with Gasteiger partial charge in [-0.3, -0.25) is 4.79 Å². The van der Waals surface area contributed by atoms with Crippen molar-refractivity contribution in [3.05, 3.63) is 57.9 Å². The first kappa shape index (κ1) is 13.1. The van der Waals surface area contributed by atoms with Crippen LogP contribution < -0.4 is 11.1 Å². The molecule has 3 rings (SSSR count). The van der Waals surface area contributed by atoms with E-state index in [-0.39, 0.29) is 5.91 Å². The molecule has 0 radical (unpaired) electrons. The van der Waals surface area contributed by atoms with Crippen LogP contribution in [0.25, 0.3) is 10.1 Å². The minimum atomic E-state index is -0.175. The summed E-state index contributed by atoms with van der Waals surface area (Å²) in [6, 6.07) is 15.2. The molecule has 1 heterocycles. The second kappa shape index (κ2) is 5.26. The molecule has 2 aromatic carbocycles. The highest BCUT2D eigenvalue weighted by Gasteiger charge is 2.16. The van der Waals surface area contributed by atoms with E-state index >= 15 is 0 Å². The fourth-order valence-corrected chi connectivity index (χ4v) is 3.24. The Hall–Kier alpha value is -1.85. The Bertz CT molecular complexity index is 780. The van der Waals surface area contributed by atoms with Crippen molar-refractivity contribution < 1.29 is 4.79 Å². The highest BCUT2D eigenvalue weighted by atomic mass is 79.9. The van der Waals surface area contributed by atoms with Gasteiger partial charge < -0.3 is 11.1 Å². The zero-order chi connectivity index (χ0) is 14.1. The summed E-state index contributed by atoms with van der Waals surface area (Å²) in [6.07, 6.45) is 0. The zero-order valence-electron chi connectivity index (χ0n) is 10.4. The fraction of sp³-hybridized carbons (Fsp3) is 0. The molecule has 0 aliphatic carbocycles. The number of hydrogen-bond acceptors (Lipinski definition) is 3. The van der Waals surface area contributed by atoms with E-state index in [2.05, 4.69) is 21.2 Å². The van der Waals surface area contributed by atoms with E-state index in [0.29, 0.717) is 10.6 Å². The molecule has 0 spiro atoms. The van der Waals surface area contributed by atoms with E-state index in [0.717, 1.165) is 20.2 Å². The molecule has 1 amide bonds. The van der Waals surface area contributed by atoms with Crippen molar-refractivity contribution in [3.63, 3.8) is 0 Å². The predicted molar refractivity (Wildman–Crippen MR) is 88.3 cm³/mol. The van der Waals surface area contributed by atoms with Crippen molar-refractivity contribution in [2.24, 2.45) is 0 Å². The molecule has 0 aliphatic rings. The number of rotatable bonds is 2. The van der Waals surface area contributed by atoms with Gasteiger partial charge in [-0.2, -0.15) is 0 Å². The van der Waals surface area contributed by atoms with Gasteiger partial charge in [-0.05, 0) is 30.3 Å². The van der Waals surface area contributed by atoms with E-state index < -0.39 is 0 Å². The van der Waals surface area contributed by atoms with Crippen molar-refractivity contribution in [1.82, 2.24) is 0 Å². The first-order valence-corrected chi connectivity index (χ1v) is 7.60. The van der Waals surface area contributed by atoms with Gasteiger partial charge in [0.25, 0.3) is 5.91 Å². The lowest BCUT2D eigenvalue weighted by Gasteiger charge is -2.04. The van der Waals surface area contributed by atoms with Crippen LogP contribution in [0.4, 0.5) is 11.4 Å². The van der Waals surface area contributed by atoms with Gasteiger partial charge >= 0.3 is 0 Å². The first-order valence-electron chi connectivity index (χ1n) is 5.99. The average molecular weight is 347 g/mol. The minimum Gasteiger partial charge on any atom is -0.397 e. The Kier molecular flexibility index (Phi) is 3.46. The summed E-state index contributed by atoms with van der Waals surface area (Å²) < 4.78 is 1.99. The summed E-state index contributed by atoms with van der Waals surface area (Å²) in [5.74, 6) is -0.175. The Morgan fingerprint density at radius 3 is 2.50 bits per heavy atom. The summed E-state index contributed by atoms with van der Waals surface area (Å²) in [5, 5.41) is 3.79. The maximum absolute atomic E-state index is 12.3. The summed E-state index contributed by atoms with van der Waals surface area (Å²) in [6.45, 7) is 0.